The van der Waals surface area contributed by atoms with Gasteiger partial charge in [0.05, 0.1) is 0 Å². The maximum Gasteiger partial charge on any atom is 0.251 e. The van der Waals surface area contributed by atoms with E-state index in [0.29, 0.717) is 12.5 Å². The summed E-state index contributed by atoms with van der Waals surface area (Å²) in [5, 5.41) is 3.05. The van der Waals surface area contributed by atoms with Gasteiger partial charge in [-0.15, -0.1) is 0 Å². The highest BCUT2D eigenvalue weighted by Crippen LogP contribution is 2.15. The number of carbonyl (C=O) groups excluding carboxylic acids is 1. The maximum atomic E-state index is 12.1. The van der Waals surface area contributed by atoms with Gasteiger partial charge in [-0.05, 0) is 69.6 Å². The van der Waals surface area contributed by atoms with Crippen molar-refractivity contribution in [1.29, 1.82) is 0 Å². The predicted octanol–water partition coefficient (Wildman–Crippen LogP) is 1.26. The second kappa shape index (κ2) is 7.41. The summed E-state index contributed by atoms with van der Waals surface area (Å²) in [6.45, 7) is 3.70. The van der Waals surface area contributed by atoms with Crippen molar-refractivity contribution in [3.05, 3.63) is 35.4 Å². The van der Waals surface area contributed by atoms with Gasteiger partial charge in [0.25, 0.3) is 5.91 Å². The van der Waals surface area contributed by atoms with Crippen molar-refractivity contribution >= 4 is 5.91 Å². The lowest BCUT2D eigenvalue weighted by atomic mass is 9.97. The zero-order valence-corrected chi connectivity index (χ0v) is 12.3. The number of nitrogens with zero attached hydrogens (tertiary/aromatic N) is 1. The monoisotopic (exact) mass is 275 g/mol. The van der Waals surface area contributed by atoms with E-state index >= 15 is 0 Å². The average Bonchev–Trinajstić information content (AvgIpc) is 2.47. The summed E-state index contributed by atoms with van der Waals surface area (Å²) in [4.78, 5) is 14.4. The number of amides is 1. The summed E-state index contributed by atoms with van der Waals surface area (Å²) in [6.07, 6.45) is 3.20. The van der Waals surface area contributed by atoms with Gasteiger partial charge < -0.3 is 16.0 Å². The Bertz CT molecular complexity index is 422. The van der Waals surface area contributed by atoms with Crippen LogP contribution in [0.4, 0.5) is 0 Å². The Balaban J connectivity index is 1.79. The highest BCUT2D eigenvalue weighted by molar-refractivity contribution is 5.94. The number of benzene rings is 1. The summed E-state index contributed by atoms with van der Waals surface area (Å²) >= 11 is 0. The Labute approximate surface area is 121 Å². The quantitative estimate of drug-likeness (QED) is 0.850. The van der Waals surface area contributed by atoms with Crippen LogP contribution in [0.1, 0.15) is 28.8 Å². The number of rotatable bonds is 5. The molecular formula is C16H25N3O. The highest BCUT2D eigenvalue weighted by atomic mass is 16.1. The predicted molar refractivity (Wildman–Crippen MR) is 81.8 cm³/mol. The molecule has 1 aliphatic rings. The SMILES string of the molecule is CN1CCC(CNC(=O)c2ccc(CCN)cc2)CC1. The highest BCUT2D eigenvalue weighted by Gasteiger charge is 2.17. The number of piperidine rings is 1. The summed E-state index contributed by atoms with van der Waals surface area (Å²) in [5.74, 6) is 0.648. The van der Waals surface area contributed by atoms with Crippen molar-refractivity contribution in [2.24, 2.45) is 11.7 Å². The van der Waals surface area contributed by atoms with Crippen LogP contribution < -0.4 is 11.1 Å². The van der Waals surface area contributed by atoms with Gasteiger partial charge in [-0.3, -0.25) is 4.79 Å². The number of nitrogens with one attached hydrogen (secondary N) is 1. The molecule has 1 aliphatic heterocycles. The molecule has 4 heteroatoms. The second-order valence-electron chi connectivity index (χ2n) is 5.69. The van der Waals surface area contributed by atoms with Gasteiger partial charge in [-0.1, -0.05) is 12.1 Å². The molecule has 2 rings (SSSR count). The molecule has 3 N–H and O–H groups in total. The van der Waals surface area contributed by atoms with Crippen LogP contribution in [0.5, 0.6) is 0 Å². The van der Waals surface area contributed by atoms with Crippen LogP contribution in [0.25, 0.3) is 0 Å². The van der Waals surface area contributed by atoms with Gasteiger partial charge >= 0.3 is 0 Å². The van der Waals surface area contributed by atoms with E-state index in [4.69, 9.17) is 5.73 Å². The van der Waals surface area contributed by atoms with Crippen LogP contribution in [-0.4, -0.2) is 44.0 Å². The maximum absolute atomic E-state index is 12.1. The fourth-order valence-electron chi connectivity index (χ4n) is 2.59. The van der Waals surface area contributed by atoms with Crippen LogP contribution in [0.15, 0.2) is 24.3 Å². The van der Waals surface area contributed by atoms with Crippen LogP contribution in [-0.2, 0) is 6.42 Å². The molecule has 1 heterocycles. The minimum atomic E-state index is 0.0308. The van der Waals surface area contributed by atoms with Crippen molar-refractivity contribution in [2.45, 2.75) is 19.3 Å². The van der Waals surface area contributed by atoms with Crippen molar-refractivity contribution in [2.75, 3.05) is 33.2 Å². The first-order valence-electron chi connectivity index (χ1n) is 7.45. The Morgan fingerprint density at radius 2 is 1.95 bits per heavy atom. The molecule has 0 radical (unpaired) electrons. The molecule has 110 valence electrons. The van der Waals surface area contributed by atoms with Gasteiger partial charge in [0.15, 0.2) is 0 Å². The van der Waals surface area contributed by atoms with E-state index in [1.54, 1.807) is 0 Å². The first kappa shape index (κ1) is 15.0. The molecule has 0 aliphatic carbocycles. The molecule has 20 heavy (non-hydrogen) atoms. The van der Waals surface area contributed by atoms with Crippen LogP contribution in [0.3, 0.4) is 0 Å². The molecule has 1 fully saturated rings. The van der Waals surface area contributed by atoms with Crippen LogP contribution in [0, 0.1) is 5.92 Å². The molecule has 0 unspecified atom stereocenters. The average molecular weight is 275 g/mol. The van der Waals surface area contributed by atoms with Crippen molar-refractivity contribution in [1.82, 2.24) is 10.2 Å². The van der Waals surface area contributed by atoms with E-state index in [2.05, 4.69) is 17.3 Å². The van der Waals surface area contributed by atoms with Crippen LogP contribution in [0.2, 0.25) is 0 Å². The minimum Gasteiger partial charge on any atom is -0.352 e. The number of hydrogen-bond acceptors (Lipinski definition) is 3. The van der Waals surface area contributed by atoms with Crippen molar-refractivity contribution in [3.8, 4) is 0 Å². The third-order valence-corrected chi connectivity index (χ3v) is 4.04. The molecule has 4 nitrogen and oxygen atoms in total. The number of hydrogen-bond donors (Lipinski definition) is 2. The fourth-order valence-corrected chi connectivity index (χ4v) is 2.59. The van der Waals surface area contributed by atoms with Gasteiger partial charge in [0, 0.05) is 12.1 Å². The normalized spacial score (nSPS) is 17.1. The number of nitrogens with two attached hydrogens (primary N) is 1. The molecule has 0 saturated carbocycles. The topological polar surface area (TPSA) is 58.4 Å². The molecule has 1 amide bonds. The van der Waals surface area contributed by atoms with E-state index in [0.717, 1.165) is 31.6 Å². The lowest BCUT2D eigenvalue weighted by Crippen LogP contribution is -2.36. The fraction of sp³-hybridized carbons (Fsp3) is 0.562. The van der Waals surface area contributed by atoms with Gasteiger partial charge in [-0.25, -0.2) is 0 Å². The Morgan fingerprint density at radius 3 is 2.55 bits per heavy atom. The molecule has 1 aromatic carbocycles. The zero-order valence-electron chi connectivity index (χ0n) is 12.3. The third kappa shape index (κ3) is 4.32. The lowest BCUT2D eigenvalue weighted by Gasteiger charge is -2.28. The van der Waals surface area contributed by atoms with E-state index in [9.17, 15) is 4.79 Å². The molecule has 1 aromatic rings. The third-order valence-electron chi connectivity index (χ3n) is 4.04. The Morgan fingerprint density at radius 1 is 1.30 bits per heavy atom. The molecule has 1 saturated heterocycles. The van der Waals surface area contributed by atoms with Crippen molar-refractivity contribution < 1.29 is 4.79 Å². The minimum absolute atomic E-state index is 0.0308. The van der Waals surface area contributed by atoms with Gasteiger partial charge in [-0.2, -0.15) is 0 Å². The standard InChI is InChI=1S/C16H25N3O/c1-19-10-7-14(8-11-19)12-18-16(20)15-4-2-13(3-5-15)6-9-17/h2-5,14H,6-12,17H2,1H3,(H,18,20). The van der Waals surface area contributed by atoms with Gasteiger partial charge in [0.1, 0.15) is 0 Å². The van der Waals surface area contributed by atoms with E-state index in [1.807, 2.05) is 24.3 Å². The largest absolute Gasteiger partial charge is 0.352 e. The Hall–Kier alpha value is -1.39. The van der Waals surface area contributed by atoms with Gasteiger partial charge in [0.2, 0.25) is 0 Å². The molecule has 0 atom stereocenters. The lowest BCUT2D eigenvalue weighted by molar-refractivity contribution is 0.0939. The molecule has 0 bridgehead atoms. The molecular weight excluding hydrogens is 250 g/mol. The Kier molecular flexibility index (Phi) is 5.56. The summed E-state index contributed by atoms with van der Waals surface area (Å²) in [5.41, 5.74) is 7.43. The summed E-state index contributed by atoms with van der Waals surface area (Å²) in [7, 11) is 2.15. The van der Waals surface area contributed by atoms with Crippen molar-refractivity contribution in [3.63, 3.8) is 0 Å². The zero-order chi connectivity index (χ0) is 14.4. The summed E-state index contributed by atoms with van der Waals surface area (Å²) < 4.78 is 0. The number of likely N-dealkylation sites (tertiary alicyclic amines) is 1. The first-order chi connectivity index (χ1) is 9.69. The molecule has 0 aromatic heterocycles. The van der Waals surface area contributed by atoms with E-state index < -0.39 is 0 Å². The summed E-state index contributed by atoms with van der Waals surface area (Å²) in [6, 6.07) is 7.73. The first-order valence-corrected chi connectivity index (χ1v) is 7.45. The second-order valence-corrected chi connectivity index (χ2v) is 5.69. The number of carbonyl (C=O) groups is 1. The van der Waals surface area contributed by atoms with E-state index in [-0.39, 0.29) is 5.91 Å². The smallest absolute Gasteiger partial charge is 0.251 e. The van der Waals surface area contributed by atoms with Crippen LogP contribution >= 0.6 is 0 Å². The molecule has 0 spiro atoms. The van der Waals surface area contributed by atoms with E-state index in [1.165, 1.54) is 18.4 Å².